The van der Waals surface area contributed by atoms with E-state index in [0.29, 0.717) is 11.4 Å². The Kier molecular flexibility index (Phi) is 5.57. The van der Waals surface area contributed by atoms with Crippen molar-refractivity contribution >= 4 is 27.3 Å². The van der Waals surface area contributed by atoms with Gasteiger partial charge in [0.05, 0.1) is 27.8 Å². The van der Waals surface area contributed by atoms with Crippen LogP contribution in [0, 0.1) is 13.8 Å². The predicted molar refractivity (Wildman–Crippen MR) is 102 cm³/mol. The minimum atomic E-state index is -4.00. The van der Waals surface area contributed by atoms with Crippen LogP contribution in [0.25, 0.3) is 5.69 Å². The number of para-hydroxylation sites is 1. The monoisotopic (exact) mass is 427 g/mol. The summed E-state index contributed by atoms with van der Waals surface area (Å²) in [6.07, 6.45) is 0. The van der Waals surface area contributed by atoms with E-state index in [4.69, 9.17) is 11.6 Å². The molecule has 1 aromatic heterocycles. The lowest BCUT2D eigenvalue weighted by atomic mass is 10.3. The van der Waals surface area contributed by atoms with Crippen molar-refractivity contribution in [1.82, 2.24) is 9.78 Å². The van der Waals surface area contributed by atoms with Crippen LogP contribution >= 0.6 is 11.6 Å². The Labute approximate surface area is 165 Å². The summed E-state index contributed by atoms with van der Waals surface area (Å²) in [5, 5.41) is 4.18. The van der Waals surface area contributed by atoms with Gasteiger partial charge in [0.1, 0.15) is 10.6 Å². The zero-order valence-corrected chi connectivity index (χ0v) is 16.4. The van der Waals surface area contributed by atoms with Gasteiger partial charge in [-0.3, -0.25) is 4.72 Å². The zero-order chi connectivity index (χ0) is 20.5. The highest BCUT2D eigenvalue weighted by molar-refractivity contribution is 7.92. The van der Waals surface area contributed by atoms with Gasteiger partial charge in [-0.2, -0.15) is 13.9 Å². The number of ether oxygens (including phenoxy) is 1. The minimum absolute atomic E-state index is 0.0281. The maximum Gasteiger partial charge on any atom is 0.387 e. The molecule has 148 valence electrons. The molecule has 0 unspecified atom stereocenters. The summed E-state index contributed by atoms with van der Waals surface area (Å²) in [6, 6.07) is 12.8. The lowest BCUT2D eigenvalue weighted by Gasteiger charge is -2.11. The van der Waals surface area contributed by atoms with Gasteiger partial charge in [-0.15, -0.1) is 0 Å². The van der Waals surface area contributed by atoms with Crippen molar-refractivity contribution in [3.8, 4) is 11.4 Å². The molecule has 0 saturated carbocycles. The average molecular weight is 428 g/mol. The van der Waals surface area contributed by atoms with Crippen LogP contribution in [0.5, 0.6) is 5.75 Å². The van der Waals surface area contributed by atoms with Crippen molar-refractivity contribution in [2.75, 3.05) is 4.72 Å². The molecule has 28 heavy (non-hydrogen) atoms. The van der Waals surface area contributed by atoms with E-state index in [9.17, 15) is 17.2 Å². The third-order valence-electron chi connectivity index (χ3n) is 3.89. The molecule has 2 aromatic carbocycles. The molecule has 10 heteroatoms. The Morgan fingerprint density at radius 3 is 2.43 bits per heavy atom. The number of nitrogens with zero attached hydrogens (tertiary/aromatic N) is 2. The number of hydrogen-bond acceptors (Lipinski definition) is 4. The van der Waals surface area contributed by atoms with Crippen LogP contribution in [-0.2, 0) is 10.0 Å². The van der Waals surface area contributed by atoms with Crippen LogP contribution in [0.1, 0.15) is 11.4 Å². The molecule has 1 heterocycles. The number of aryl methyl sites for hydroxylation is 1. The fraction of sp³-hybridized carbons (Fsp3) is 0.167. The number of benzene rings is 2. The molecule has 3 rings (SSSR count). The molecular weight excluding hydrogens is 412 g/mol. The second kappa shape index (κ2) is 7.76. The SMILES string of the molecule is Cc1nn(-c2ccccc2)c(C)c1S(=O)(=O)Nc1ccc(OC(F)F)c(Cl)c1. The number of rotatable bonds is 6. The van der Waals surface area contributed by atoms with Crippen molar-refractivity contribution in [2.45, 2.75) is 25.4 Å². The van der Waals surface area contributed by atoms with Crippen LogP contribution < -0.4 is 9.46 Å². The normalized spacial score (nSPS) is 11.6. The lowest BCUT2D eigenvalue weighted by Crippen LogP contribution is -2.15. The number of aromatic nitrogens is 2. The summed E-state index contributed by atoms with van der Waals surface area (Å²) in [4.78, 5) is 0.0281. The maximum atomic E-state index is 12.9. The Balaban J connectivity index is 1.94. The third-order valence-corrected chi connectivity index (χ3v) is 5.82. The molecule has 0 aliphatic heterocycles. The first-order chi connectivity index (χ1) is 13.2. The van der Waals surface area contributed by atoms with E-state index in [1.807, 2.05) is 30.3 Å². The summed E-state index contributed by atoms with van der Waals surface area (Å²) >= 11 is 5.89. The molecule has 6 nitrogen and oxygen atoms in total. The van der Waals surface area contributed by atoms with Gasteiger partial charge in [0.25, 0.3) is 10.0 Å². The number of hydrogen-bond donors (Lipinski definition) is 1. The van der Waals surface area contributed by atoms with E-state index in [1.54, 1.807) is 13.8 Å². The Morgan fingerprint density at radius 2 is 1.82 bits per heavy atom. The fourth-order valence-corrected chi connectivity index (χ4v) is 4.47. The number of nitrogens with one attached hydrogen (secondary N) is 1. The summed E-state index contributed by atoms with van der Waals surface area (Å²) in [7, 11) is -4.00. The molecule has 0 radical (unpaired) electrons. The summed E-state index contributed by atoms with van der Waals surface area (Å²) in [6.45, 7) is 0.205. The van der Waals surface area contributed by atoms with Crippen LogP contribution in [0.15, 0.2) is 53.4 Å². The molecule has 1 N–H and O–H groups in total. The van der Waals surface area contributed by atoms with Crippen LogP contribution in [0.2, 0.25) is 5.02 Å². The number of alkyl halides is 2. The Morgan fingerprint density at radius 1 is 1.14 bits per heavy atom. The van der Waals surface area contributed by atoms with E-state index in [0.717, 1.165) is 5.69 Å². The molecule has 3 aromatic rings. The van der Waals surface area contributed by atoms with Crippen LogP contribution in [-0.4, -0.2) is 24.8 Å². The predicted octanol–water partition coefficient (Wildman–Crippen LogP) is 4.54. The van der Waals surface area contributed by atoms with Crippen molar-refractivity contribution < 1.29 is 21.9 Å². The molecule has 0 amide bonds. The van der Waals surface area contributed by atoms with Gasteiger partial charge in [-0.05, 0) is 44.2 Å². The third kappa shape index (κ3) is 4.10. The fourth-order valence-electron chi connectivity index (χ4n) is 2.80. The van der Waals surface area contributed by atoms with Gasteiger partial charge in [0.15, 0.2) is 0 Å². The molecule has 0 saturated heterocycles. The topological polar surface area (TPSA) is 73.2 Å². The second-order valence-corrected chi connectivity index (χ2v) is 7.90. The molecular formula is C18H16ClF2N3O3S. The second-order valence-electron chi connectivity index (χ2n) is 5.88. The van der Waals surface area contributed by atoms with Gasteiger partial charge in [-0.1, -0.05) is 29.8 Å². The quantitative estimate of drug-likeness (QED) is 0.626. The van der Waals surface area contributed by atoms with Crippen molar-refractivity contribution in [2.24, 2.45) is 0 Å². The Bertz CT molecular complexity index is 1100. The molecule has 0 fully saturated rings. The van der Waals surface area contributed by atoms with Crippen molar-refractivity contribution in [3.05, 3.63) is 64.9 Å². The number of anilines is 1. The van der Waals surface area contributed by atoms with Gasteiger partial charge in [-0.25, -0.2) is 13.1 Å². The highest BCUT2D eigenvalue weighted by Crippen LogP contribution is 2.31. The van der Waals surface area contributed by atoms with E-state index in [-0.39, 0.29) is 21.4 Å². The van der Waals surface area contributed by atoms with Gasteiger partial charge in [0.2, 0.25) is 0 Å². The van der Waals surface area contributed by atoms with E-state index in [2.05, 4.69) is 14.6 Å². The van der Waals surface area contributed by atoms with E-state index >= 15 is 0 Å². The smallest absolute Gasteiger partial charge is 0.387 e. The van der Waals surface area contributed by atoms with Crippen LogP contribution in [0.4, 0.5) is 14.5 Å². The molecule has 0 aliphatic carbocycles. The van der Waals surface area contributed by atoms with E-state index < -0.39 is 16.6 Å². The average Bonchev–Trinajstić information content (AvgIpc) is 2.92. The molecule has 0 atom stereocenters. The molecule has 0 spiro atoms. The zero-order valence-electron chi connectivity index (χ0n) is 14.9. The van der Waals surface area contributed by atoms with Gasteiger partial charge < -0.3 is 4.74 Å². The number of sulfonamides is 1. The Hall–Kier alpha value is -2.65. The lowest BCUT2D eigenvalue weighted by molar-refractivity contribution is -0.0497. The van der Waals surface area contributed by atoms with Gasteiger partial charge >= 0.3 is 6.61 Å². The highest BCUT2D eigenvalue weighted by Gasteiger charge is 2.25. The standard InChI is InChI=1S/C18H16ClF2N3O3S/c1-11-17(12(2)24(22-11)14-6-4-3-5-7-14)28(25,26)23-13-8-9-16(15(19)10-13)27-18(20)21/h3-10,18,23H,1-2H3. The molecule has 0 aliphatic rings. The summed E-state index contributed by atoms with van der Waals surface area (Å²) in [5.74, 6) is -0.246. The molecule has 0 bridgehead atoms. The largest absolute Gasteiger partial charge is 0.433 e. The maximum absolute atomic E-state index is 12.9. The minimum Gasteiger partial charge on any atom is -0.433 e. The number of halogens is 3. The first-order valence-corrected chi connectivity index (χ1v) is 9.94. The van der Waals surface area contributed by atoms with Gasteiger partial charge in [0, 0.05) is 0 Å². The summed E-state index contributed by atoms with van der Waals surface area (Å²) in [5.41, 5.74) is 1.58. The van der Waals surface area contributed by atoms with E-state index in [1.165, 1.54) is 22.9 Å². The van der Waals surface area contributed by atoms with Crippen molar-refractivity contribution in [1.29, 1.82) is 0 Å². The highest BCUT2D eigenvalue weighted by atomic mass is 35.5. The van der Waals surface area contributed by atoms with Crippen molar-refractivity contribution in [3.63, 3.8) is 0 Å². The van der Waals surface area contributed by atoms with Crippen LogP contribution in [0.3, 0.4) is 0 Å². The first kappa shape index (κ1) is 20.1. The summed E-state index contributed by atoms with van der Waals surface area (Å²) < 4.78 is 58.6. The first-order valence-electron chi connectivity index (χ1n) is 8.08.